The summed E-state index contributed by atoms with van der Waals surface area (Å²) in [7, 11) is 0. The van der Waals surface area contributed by atoms with Gasteiger partial charge in [-0.15, -0.1) is 11.3 Å². The summed E-state index contributed by atoms with van der Waals surface area (Å²) in [4.78, 5) is 27.0. The zero-order valence-electron chi connectivity index (χ0n) is 12.9. The number of aliphatic carboxylic acids is 1. The highest BCUT2D eigenvalue weighted by molar-refractivity contribution is 7.09. The molecule has 0 aliphatic carbocycles. The van der Waals surface area contributed by atoms with Crippen molar-refractivity contribution in [3.63, 3.8) is 0 Å². The van der Waals surface area contributed by atoms with Crippen molar-refractivity contribution in [2.24, 2.45) is 5.41 Å². The summed E-state index contributed by atoms with van der Waals surface area (Å²) in [5, 5.41) is 17.3. The third kappa shape index (κ3) is 6.57. The molecule has 3 N–H and O–H groups in total. The summed E-state index contributed by atoms with van der Waals surface area (Å²) in [6.45, 7) is 8.11. The van der Waals surface area contributed by atoms with Crippen LogP contribution < -0.4 is 10.6 Å². The van der Waals surface area contributed by atoms with Crippen LogP contribution in [0, 0.1) is 12.3 Å². The molecule has 1 unspecified atom stereocenters. The average molecular weight is 313 g/mol. The van der Waals surface area contributed by atoms with Gasteiger partial charge in [-0.2, -0.15) is 0 Å². The fourth-order valence-corrected chi connectivity index (χ4v) is 2.53. The van der Waals surface area contributed by atoms with Gasteiger partial charge in [0, 0.05) is 30.1 Å². The first-order valence-corrected chi connectivity index (χ1v) is 7.73. The van der Waals surface area contributed by atoms with Crippen LogP contribution in [0.25, 0.3) is 0 Å². The van der Waals surface area contributed by atoms with Crippen LogP contribution in [0.1, 0.15) is 37.9 Å². The van der Waals surface area contributed by atoms with Gasteiger partial charge in [-0.05, 0) is 12.3 Å². The van der Waals surface area contributed by atoms with Crippen LogP contribution in [-0.2, 0) is 11.2 Å². The number of thiazole rings is 1. The van der Waals surface area contributed by atoms with Crippen molar-refractivity contribution in [2.45, 2.75) is 46.6 Å². The molecule has 118 valence electrons. The molecular weight excluding hydrogens is 290 g/mol. The topological polar surface area (TPSA) is 91.3 Å². The van der Waals surface area contributed by atoms with Gasteiger partial charge in [-0.1, -0.05) is 20.8 Å². The lowest BCUT2D eigenvalue weighted by atomic mass is 9.85. The van der Waals surface area contributed by atoms with E-state index in [2.05, 4.69) is 15.6 Å². The molecule has 0 spiro atoms. The predicted molar refractivity (Wildman–Crippen MR) is 82.6 cm³/mol. The molecule has 0 radical (unpaired) electrons. The summed E-state index contributed by atoms with van der Waals surface area (Å²) in [5.74, 6) is -0.923. The second-order valence-corrected chi connectivity index (χ2v) is 6.99. The Hall–Kier alpha value is -1.63. The van der Waals surface area contributed by atoms with Crippen molar-refractivity contribution in [1.29, 1.82) is 0 Å². The van der Waals surface area contributed by atoms with E-state index >= 15 is 0 Å². The summed E-state index contributed by atoms with van der Waals surface area (Å²) < 4.78 is 0. The Balaban J connectivity index is 2.41. The second kappa shape index (κ2) is 7.40. The van der Waals surface area contributed by atoms with Gasteiger partial charge in [-0.3, -0.25) is 4.79 Å². The summed E-state index contributed by atoms with van der Waals surface area (Å²) in [6.07, 6.45) is 0.577. The van der Waals surface area contributed by atoms with Crippen LogP contribution in [0.2, 0.25) is 0 Å². The van der Waals surface area contributed by atoms with Crippen LogP contribution in [0.4, 0.5) is 4.79 Å². The Morgan fingerprint density at radius 1 is 1.43 bits per heavy atom. The number of carbonyl (C=O) groups excluding carboxylic acids is 1. The van der Waals surface area contributed by atoms with Gasteiger partial charge in [-0.25, -0.2) is 9.78 Å². The van der Waals surface area contributed by atoms with Gasteiger partial charge in [0.1, 0.15) is 0 Å². The molecule has 1 heterocycles. The van der Waals surface area contributed by atoms with Crippen LogP contribution in [0.15, 0.2) is 5.38 Å². The van der Waals surface area contributed by atoms with Crippen LogP contribution >= 0.6 is 11.3 Å². The standard InChI is InChI=1S/C14H23N3O3S/c1-9-8-21-11(16-9)5-6-15-13(20)17-10(7-12(18)19)14(2,3)4/h8,10H,5-7H2,1-4H3,(H,18,19)(H2,15,17,20). The number of nitrogens with one attached hydrogen (secondary N) is 2. The van der Waals surface area contributed by atoms with Gasteiger partial charge in [0.25, 0.3) is 0 Å². The molecule has 0 aliphatic rings. The number of amides is 2. The molecule has 6 nitrogen and oxygen atoms in total. The number of aryl methyl sites for hydroxylation is 1. The third-order valence-corrected chi connectivity index (χ3v) is 4.05. The van der Waals surface area contributed by atoms with Crippen molar-refractivity contribution >= 4 is 23.3 Å². The highest BCUT2D eigenvalue weighted by Crippen LogP contribution is 2.21. The Morgan fingerprint density at radius 3 is 2.57 bits per heavy atom. The number of nitrogens with zero attached hydrogens (tertiary/aromatic N) is 1. The quantitative estimate of drug-likeness (QED) is 0.750. The molecule has 0 aliphatic heterocycles. The van der Waals surface area contributed by atoms with E-state index in [9.17, 15) is 9.59 Å². The fourth-order valence-electron chi connectivity index (χ4n) is 1.76. The molecule has 1 atom stereocenters. The molecule has 7 heteroatoms. The molecule has 0 fully saturated rings. The Labute approximate surface area is 129 Å². The van der Waals surface area contributed by atoms with E-state index in [0.717, 1.165) is 10.7 Å². The fraction of sp³-hybridized carbons (Fsp3) is 0.643. The minimum Gasteiger partial charge on any atom is -0.481 e. The molecule has 1 aromatic heterocycles. The number of urea groups is 1. The number of carboxylic acid groups (broad SMARTS) is 1. The highest BCUT2D eigenvalue weighted by atomic mass is 32.1. The SMILES string of the molecule is Cc1csc(CCNC(=O)NC(CC(=O)O)C(C)(C)C)n1. The van der Waals surface area contributed by atoms with E-state index in [0.29, 0.717) is 13.0 Å². The lowest BCUT2D eigenvalue weighted by Crippen LogP contribution is -2.49. The predicted octanol–water partition coefficient (Wildman–Crippen LogP) is 2.18. The van der Waals surface area contributed by atoms with E-state index in [-0.39, 0.29) is 17.9 Å². The number of hydrogen-bond acceptors (Lipinski definition) is 4. The maximum absolute atomic E-state index is 11.8. The zero-order chi connectivity index (χ0) is 16.0. The summed E-state index contributed by atoms with van der Waals surface area (Å²) >= 11 is 1.57. The van der Waals surface area contributed by atoms with Crippen molar-refractivity contribution in [2.75, 3.05) is 6.54 Å². The number of rotatable bonds is 6. The summed E-state index contributed by atoms with van der Waals surface area (Å²) in [6, 6.07) is -0.762. The van der Waals surface area contributed by atoms with Crippen molar-refractivity contribution in [3.05, 3.63) is 16.1 Å². The monoisotopic (exact) mass is 313 g/mol. The van der Waals surface area contributed by atoms with Gasteiger partial charge >= 0.3 is 12.0 Å². The van der Waals surface area contributed by atoms with Crippen LogP contribution in [0.5, 0.6) is 0 Å². The Morgan fingerprint density at radius 2 is 2.10 bits per heavy atom. The Kier molecular flexibility index (Phi) is 6.14. The van der Waals surface area contributed by atoms with E-state index in [1.165, 1.54) is 0 Å². The minimum atomic E-state index is -0.923. The summed E-state index contributed by atoms with van der Waals surface area (Å²) in [5.41, 5.74) is 0.663. The van der Waals surface area contributed by atoms with E-state index < -0.39 is 12.0 Å². The first-order chi connectivity index (χ1) is 9.68. The Bertz CT molecular complexity index is 494. The van der Waals surface area contributed by atoms with Gasteiger partial charge in [0.2, 0.25) is 0 Å². The molecule has 0 bridgehead atoms. The molecule has 0 saturated heterocycles. The number of aromatic nitrogens is 1. The molecule has 21 heavy (non-hydrogen) atoms. The molecule has 0 saturated carbocycles. The minimum absolute atomic E-state index is 0.0946. The first kappa shape index (κ1) is 17.4. The lowest BCUT2D eigenvalue weighted by Gasteiger charge is -2.30. The largest absolute Gasteiger partial charge is 0.481 e. The maximum Gasteiger partial charge on any atom is 0.315 e. The van der Waals surface area contributed by atoms with Crippen LogP contribution in [-0.4, -0.2) is 34.7 Å². The number of hydrogen-bond donors (Lipinski definition) is 3. The molecule has 1 aromatic rings. The van der Waals surface area contributed by atoms with Crippen molar-refractivity contribution < 1.29 is 14.7 Å². The zero-order valence-corrected chi connectivity index (χ0v) is 13.7. The molecule has 2 amide bonds. The highest BCUT2D eigenvalue weighted by Gasteiger charge is 2.28. The number of carboxylic acids is 1. The van der Waals surface area contributed by atoms with Gasteiger partial charge in [0.05, 0.1) is 11.4 Å². The normalized spacial score (nSPS) is 12.8. The van der Waals surface area contributed by atoms with E-state index in [4.69, 9.17) is 5.11 Å². The maximum atomic E-state index is 11.8. The number of carbonyl (C=O) groups is 2. The molecular formula is C14H23N3O3S. The average Bonchev–Trinajstić information content (AvgIpc) is 2.72. The van der Waals surface area contributed by atoms with Crippen LogP contribution in [0.3, 0.4) is 0 Å². The van der Waals surface area contributed by atoms with E-state index in [1.54, 1.807) is 11.3 Å². The molecule has 0 aromatic carbocycles. The van der Waals surface area contributed by atoms with Crippen molar-refractivity contribution in [1.82, 2.24) is 15.6 Å². The van der Waals surface area contributed by atoms with Gasteiger partial charge < -0.3 is 15.7 Å². The lowest BCUT2D eigenvalue weighted by molar-refractivity contribution is -0.138. The van der Waals surface area contributed by atoms with E-state index in [1.807, 2.05) is 33.1 Å². The van der Waals surface area contributed by atoms with Crippen molar-refractivity contribution in [3.8, 4) is 0 Å². The third-order valence-electron chi connectivity index (χ3n) is 3.02. The second-order valence-electron chi connectivity index (χ2n) is 6.05. The molecule has 1 rings (SSSR count). The smallest absolute Gasteiger partial charge is 0.315 e. The first-order valence-electron chi connectivity index (χ1n) is 6.85. The van der Waals surface area contributed by atoms with Gasteiger partial charge in [0.15, 0.2) is 0 Å².